The zero-order valence-electron chi connectivity index (χ0n) is 12.9. The van der Waals surface area contributed by atoms with Gasteiger partial charge >= 0.3 is 0 Å². The number of hydrogen-bond donors (Lipinski definition) is 1. The van der Waals surface area contributed by atoms with E-state index in [9.17, 15) is 0 Å². The smallest absolute Gasteiger partial charge is 0.198 e. The molecule has 3 rings (SSSR count). The molecule has 0 amide bonds. The maximum absolute atomic E-state index is 5.82. The summed E-state index contributed by atoms with van der Waals surface area (Å²) in [5.74, 6) is 1.81. The van der Waals surface area contributed by atoms with Crippen molar-refractivity contribution < 1.29 is 9.15 Å². The van der Waals surface area contributed by atoms with E-state index in [4.69, 9.17) is 14.9 Å². The monoisotopic (exact) mass is 296 g/mol. The van der Waals surface area contributed by atoms with Crippen LogP contribution in [0.15, 0.2) is 46.9 Å². The van der Waals surface area contributed by atoms with Crippen molar-refractivity contribution in [3.8, 4) is 5.75 Å². The molecule has 0 saturated heterocycles. The Balaban J connectivity index is 1.72. The Morgan fingerprint density at radius 1 is 1.09 bits per heavy atom. The number of nitrogens with zero attached hydrogens (tertiary/aromatic N) is 1. The van der Waals surface area contributed by atoms with E-state index in [0.29, 0.717) is 13.2 Å². The van der Waals surface area contributed by atoms with E-state index in [-0.39, 0.29) is 5.92 Å². The summed E-state index contributed by atoms with van der Waals surface area (Å²) >= 11 is 0. The number of rotatable bonds is 5. The van der Waals surface area contributed by atoms with E-state index in [1.54, 1.807) is 0 Å². The van der Waals surface area contributed by atoms with Crippen LogP contribution < -0.4 is 10.5 Å². The highest BCUT2D eigenvalue weighted by atomic mass is 16.5. The molecule has 0 aliphatic rings. The van der Waals surface area contributed by atoms with Crippen LogP contribution >= 0.6 is 0 Å². The van der Waals surface area contributed by atoms with Gasteiger partial charge in [-0.1, -0.05) is 38.1 Å². The average Bonchev–Trinajstić information content (AvgIpc) is 2.97. The Morgan fingerprint density at radius 2 is 1.82 bits per heavy atom. The van der Waals surface area contributed by atoms with Crippen LogP contribution in [0.4, 0.5) is 0 Å². The Bertz CT molecular complexity index is 760. The van der Waals surface area contributed by atoms with Crippen LogP contribution in [0.25, 0.3) is 11.1 Å². The van der Waals surface area contributed by atoms with Crippen LogP contribution in [0, 0.1) is 0 Å². The van der Waals surface area contributed by atoms with Crippen molar-refractivity contribution in [2.75, 3.05) is 0 Å². The van der Waals surface area contributed by atoms with Gasteiger partial charge in [0.25, 0.3) is 0 Å². The van der Waals surface area contributed by atoms with Gasteiger partial charge in [0.05, 0.1) is 0 Å². The van der Waals surface area contributed by atoms with Gasteiger partial charge in [0.1, 0.15) is 17.9 Å². The summed E-state index contributed by atoms with van der Waals surface area (Å²) in [6.07, 6.45) is 0. The van der Waals surface area contributed by atoms with Gasteiger partial charge in [-0.15, -0.1) is 0 Å². The molecule has 1 heterocycles. The van der Waals surface area contributed by atoms with Gasteiger partial charge in [0.15, 0.2) is 11.5 Å². The first kappa shape index (κ1) is 14.6. The van der Waals surface area contributed by atoms with E-state index in [1.807, 2.05) is 42.5 Å². The normalized spacial score (nSPS) is 11.3. The Hall–Kier alpha value is -2.33. The lowest BCUT2D eigenvalue weighted by atomic mass is 10.1. The first-order chi connectivity index (χ1) is 10.7. The molecule has 0 atom stereocenters. The Kier molecular flexibility index (Phi) is 4.11. The van der Waals surface area contributed by atoms with Crippen LogP contribution in [0.1, 0.15) is 36.8 Å². The number of nitrogens with two attached hydrogens (primary N) is 1. The zero-order valence-corrected chi connectivity index (χ0v) is 12.9. The highest BCUT2D eigenvalue weighted by Crippen LogP contribution is 2.25. The molecule has 0 aliphatic carbocycles. The molecule has 0 saturated carbocycles. The van der Waals surface area contributed by atoms with Crippen molar-refractivity contribution in [1.82, 2.24) is 4.98 Å². The van der Waals surface area contributed by atoms with Gasteiger partial charge in [-0.25, -0.2) is 4.98 Å². The number of fused-ring (bicyclic) bond motifs is 1. The molecule has 2 N–H and O–H groups in total. The van der Waals surface area contributed by atoms with E-state index in [1.165, 1.54) is 0 Å². The van der Waals surface area contributed by atoms with Crippen LogP contribution in [0.3, 0.4) is 0 Å². The SMILES string of the molecule is CC(C)c1nc2ccc(OCc3ccc(CN)cc3)cc2o1. The minimum Gasteiger partial charge on any atom is -0.489 e. The van der Waals surface area contributed by atoms with E-state index < -0.39 is 0 Å². The number of ether oxygens (including phenoxy) is 1. The number of oxazole rings is 1. The molecule has 0 unspecified atom stereocenters. The molecule has 4 nitrogen and oxygen atoms in total. The third-order valence-corrected chi connectivity index (χ3v) is 3.53. The van der Waals surface area contributed by atoms with E-state index >= 15 is 0 Å². The van der Waals surface area contributed by atoms with Crippen molar-refractivity contribution in [1.29, 1.82) is 0 Å². The van der Waals surface area contributed by atoms with Gasteiger partial charge in [0, 0.05) is 18.5 Å². The molecule has 0 radical (unpaired) electrons. The third kappa shape index (κ3) is 3.12. The van der Waals surface area contributed by atoms with E-state index in [0.717, 1.165) is 33.9 Å². The molecule has 0 fully saturated rings. The Morgan fingerprint density at radius 3 is 2.50 bits per heavy atom. The number of aromatic nitrogens is 1. The topological polar surface area (TPSA) is 61.3 Å². The quantitative estimate of drug-likeness (QED) is 0.773. The van der Waals surface area contributed by atoms with Crippen LogP contribution in [-0.4, -0.2) is 4.98 Å². The largest absolute Gasteiger partial charge is 0.489 e. The summed E-state index contributed by atoms with van der Waals surface area (Å²) < 4.78 is 11.6. The van der Waals surface area contributed by atoms with Gasteiger partial charge < -0.3 is 14.9 Å². The van der Waals surface area contributed by atoms with Crippen LogP contribution in [-0.2, 0) is 13.2 Å². The standard InChI is InChI=1S/C18H20N2O2/c1-12(2)18-20-16-8-7-15(9-17(16)22-18)21-11-14-5-3-13(10-19)4-6-14/h3-9,12H,10-11,19H2,1-2H3. The molecule has 0 spiro atoms. The van der Waals surface area contributed by atoms with Crippen molar-refractivity contribution >= 4 is 11.1 Å². The minimum absolute atomic E-state index is 0.276. The molecule has 114 valence electrons. The van der Waals surface area contributed by atoms with Gasteiger partial charge in [-0.2, -0.15) is 0 Å². The molecule has 3 aromatic rings. The molecule has 4 heteroatoms. The summed E-state index contributed by atoms with van der Waals surface area (Å²) in [7, 11) is 0. The minimum atomic E-state index is 0.276. The van der Waals surface area contributed by atoms with Crippen LogP contribution in [0.2, 0.25) is 0 Å². The summed E-state index contributed by atoms with van der Waals surface area (Å²) in [6, 6.07) is 13.8. The van der Waals surface area contributed by atoms with Gasteiger partial charge in [-0.3, -0.25) is 0 Å². The predicted molar refractivity (Wildman–Crippen MR) is 86.8 cm³/mol. The third-order valence-electron chi connectivity index (χ3n) is 3.53. The van der Waals surface area contributed by atoms with Gasteiger partial charge in [-0.05, 0) is 23.3 Å². The summed E-state index contributed by atoms with van der Waals surface area (Å²) in [5, 5.41) is 0. The fourth-order valence-electron chi connectivity index (χ4n) is 2.20. The summed E-state index contributed by atoms with van der Waals surface area (Å²) in [6.45, 7) is 5.20. The lowest BCUT2D eigenvalue weighted by Crippen LogP contribution is -1.98. The second-order valence-electron chi connectivity index (χ2n) is 5.65. The highest BCUT2D eigenvalue weighted by molar-refractivity contribution is 5.74. The lowest BCUT2D eigenvalue weighted by Gasteiger charge is -2.06. The molecule has 0 bridgehead atoms. The molecular formula is C18H20N2O2. The lowest BCUT2D eigenvalue weighted by molar-refractivity contribution is 0.306. The number of benzene rings is 2. The van der Waals surface area contributed by atoms with Crippen molar-refractivity contribution in [2.24, 2.45) is 5.73 Å². The van der Waals surface area contributed by atoms with E-state index in [2.05, 4.69) is 18.8 Å². The highest BCUT2D eigenvalue weighted by Gasteiger charge is 2.10. The molecule has 0 aliphatic heterocycles. The molecule has 22 heavy (non-hydrogen) atoms. The average molecular weight is 296 g/mol. The van der Waals surface area contributed by atoms with Crippen molar-refractivity contribution in [3.05, 3.63) is 59.5 Å². The summed E-state index contributed by atoms with van der Waals surface area (Å²) in [4.78, 5) is 4.46. The zero-order chi connectivity index (χ0) is 15.5. The second-order valence-corrected chi connectivity index (χ2v) is 5.65. The first-order valence-corrected chi connectivity index (χ1v) is 7.47. The maximum atomic E-state index is 5.82. The van der Waals surface area contributed by atoms with Crippen molar-refractivity contribution in [2.45, 2.75) is 32.9 Å². The molecule has 2 aromatic carbocycles. The second kappa shape index (κ2) is 6.20. The fourth-order valence-corrected chi connectivity index (χ4v) is 2.20. The van der Waals surface area contributed by atoms with Gasteiger partial charge in [0.2, 0.25) is 0 Å². The molecule has 1 aromatic heterocycles. The first-order valence-electron chi connectivity index (χ1n) is 7.47. The van der Waals surface area contributed by atoms with Crippen LogP contribution in [0.5, 0.6) is 5.75 Å². The predicted octanol–water partition coefficient (Wildman–Crippen LogP) is 3.99. The Labute approximate surface area is 129 Å². The maximum Gasteiger partial charge on any atom is 0.198 e. The van der Waals surface area contributed by atoms with Crippen molar-refractivity contribution in [3.63, 3.8) is 0 Å². The fraction of sp³-hybridized carbons (Fsp3) is 0.278. The number of hydrogen-bond acceptors (Lipinski definition) is 4. The summed E-state index contributed by atoms with van der Waals surface area (Å²) in [5.41, 5.74) is 9.45. The molecular weight excluding hydrogens is 276 g/mol.